The van der Waals surface area contributed by atoms with Crippen LogP contribution in [0.5, 0.6) is 0 Å². The van der Waals surface area contributed by atoms with Crippen molar-refractivity contribution in [3.63, 3.8) is 0 Å². The molecule has 0 bridgehead atoms. The second kappa shape index (κ2) is 4.00. The normalized spacial score (nSPS) is 34.8. The molecular formula is C17H34. The molecule has 0 aromatic rings. The molecule has 0 aromatic carbocycles. The van der Waals surface area contributed by atoms with Gasteiger partial charge in [0.25, 0.3) is 0 Å². The highest BCUT2D eigenvalue weighted by Crippen LogP contribution is 2.62. The molecule has 0 radical (unpaired) electrons. The monoisotopic (exact) mass is 238 g/mol. The second-order valence-corrected chi connectivity index (χ2v) is 9.08. The maximum absolute atomic E-state index is 2.40. The molecule has 0 heteroatoms. The third-order valence-electron chi connectivity index (χ3n) is 6.18. The van der Waals surface area contributed by atoms with Crippen LogP contribution < -0.4 is 0 Å². The maximum Gasteiger partial charge on any atom is -0.0249 e. The zero-order valence-corrected chi connectivity index (χ0v) is 13.7. The van der Waals surface area contributed by atoms with Crippen molar-refractivity contribution in [1.29, 1.82) is 0 Å². The molecule has 2 rings (SSSR count). The van der Waals surface area contributed by atoms with E-state index in [9.17, 15) is 0 Å². The van der Waals surface area contributed by atoms with E-state index >= 15 is 0 Å². The summed E-state index contributed by atoms with van der Waals surface area (Å²) >= 11 is 0. The first kappa shape index (κ1) is 15.1. The van der Waals surface area contributed by atoms with Gasteiger partial charge in [-0.15, -0.1) is 0 Å². The molecule has 2 aliphatic carbocycles. The Morgan fingerprint density at radius 1 is 0.824 bits per heavy atom. The van der Waals surface area contributed by atoms with Gasteiger partial charge < -0.3 is 0 Å². The van der Waals surface area contributed by atoms with E-state index in [1.165, 1.54) is 19.3 Å². The van der Waals surface area contributed by atoms with Crippen molar-refractivity contribution < 1.29 is 0 Å². The largest absolute Gasteiger partial charge is 0.0619 e. The highest BCUT2D eigenvalue weighted by molar-refractivity contribution is 5.03. The van der Waals surface area contributed by atoms with E-state index in [4.69, 9.17) is 0 Å². The molecule has 2 saturated carbocycles. The molecule has 0 N–H and O–H groups in total. The fraction of sp³-hybridized carbons (Fsp3) is 1.00. The van der Waals surface area contributed by atoms with E-state index < -0.39 is 0 Å². The Morgan fingerprint density at radius 2 is 1.18 bits per heavy atom. The van der Waals surface area contributed by atoms with Gasteiger partial charge >= 0.3 is 0 Å². The van der Waals surface area contributed by atoms with Crippen molar-refractivity contribution in [3.05, 3.63) is 0 Å². The van der Waals surface area contributed by atoms with Gasteiger partial charge in [-0.1, -0.05) is 62.3 Å². The van der Waals surface area contributed by atoms with Crippen LogP contribution in [0.4, 0.5) is 0 Å². The zero-order valence-electron chi connectivity index (χ0n) is 13.7. The van der Waals surface area contributed by atoms with E-state index in [1.807, 2.05) is 0 Å². The Labute approximate surface area is 110 Å². The van der Waals surface area contributed by atoms with Crippen LogP contribution >= 0.6 is 0 Å². The van der Waals surface area contributed by atoms with Crippen LogP contribution in [0.3, 0.4) is 0 Å². The van der Waals surface area contributed by atoms with Gasteiger partial charge in [-0.3, -0.25) is 0 Å². The van der Waals surface area contributed by atoms with Crippen molar-refractivity contribution >= 4 is 0 Å². The molecule has 2 fully saturated rings. The van der Waals surface area contributed by atoms with Crippen LogP contribution in [-0.4, -0.2) is 0 Å². The van der Waals surface area contributed by atoms with E-state index in [1.54, 1.807) is 0 Å². The SMILES string of the molecule is CC(C)(C)C1(C)CC1.CC1CC1(C)C(C)(C)C. The molecule has 2 aliphatic rings. The minimum Gasteiger partial charge on any atom is -0.0619 e. The minimum atomic E-state index is 0.520. The van der Waals surface area contributed by atoms with E-state index in [0.29, 0.717) is 21.7 Å². The molecule has 17 heavy (non-hydrogen) atoms. The molecule has 0 aromatic heterocycles. The van der Waals surface area contributed by atoms with Gasteiger partial charge in [0.05, 0.1) is 0 Å². The van der Waals surface area contributed by atoms with Crippen LogP contribution in [0.15, 0.2) is 0 Å². The summed E-state index contributed by atoms with van der Waals surface area (Å²) < 4.78 is 0. The predicted molar refractivity (Wildman–Crippen MR) is 78.1 cm³/mol. The Balaban J connectivity index is 0.000000171. The Kier molecular flexibility index (Phi) is 3.54. The van der Waals surface area contributed by atoms with Crippen molar-refractivity contribution in [2.24, 2.45) is 27.6 Å². The van der Waals surface area contributed by atoms with Crippen molar-refractivity contribution in [3.8, 4) is 0 Å². The van der Waals surface area contributed by atoms with Crippen LogP contribution in [0.1, 0.15) is 81.6 Å². The Morgan fingerprint density at radius 3 is 1.18 bits per heavy atom. The molecule has 2 unspecified atom stereocenters. The second-order valence-electron chi connectivity index (χ2n) is 9.08. The first-order chi connectivity index (χ1) is 7.33. The molecule has 0 amide bonds. The van der Waals surface area contributed by atoms with Gasteiger partial charge in [0.2, 0.25) is 0 Å². The summed E-state index contributed by atoms with van der Waals surface area (Å²) in [4.78, 5) is 0. The van der Waals surface area contributed by atoms with Crippen molar-refractivity contribution in [1.82, 2.24) is 0 Å². The Bertz CT molecular complexity index is 266. The lowest BCUT2D eigenvalue weighted by atomic mass is 9.78. The van der Waals surface area contributed by atoms with Gasteiger partial charge in [0.1, 0.15) is 0 Å². The van der Waals surface area contributed by atoms with Crippen LogP contribution in [0, 0.1) is 27.6 Å². The molecule has 0 heterocycles. The molecule has 2 atom stereocenters. The standard InChI is InChI=1S/C9H18.C8H16/c1-7-6-9(7,5)8(2,3)4;1-7(2,3)8(4)5-6-8/h7H,6H2,1-5H3;5-6H2,1-4H3. The smallest absolute Gasteiger partial charge is 0.0249 e. The molecular weight excluding hydrogens is 204 g/mol. The third-order valence-corrected chi connectivity index (χ3v) is 6.18. The van der Waals surface area contributed by atoms with Gasteiger partial charge in [-0.2, -0.15) is 0 Å². The van der Waals surface area contributed by atoms with Gasteiger partial charge in [-0.25, -0.2) is 0 Å². The lowest BCUT2D eigenvalue weighted by molar-refractivity contribution is 0.218. The predicted octanol–water partition coefficient (Wildman–Crippen LogP) is 5.91. The lowest BCUT2D eigenvalue weighted by Gasteiger charge is -2.27. The topological polar surface area (TPSA) is 0 Å². The summed E-state index contributed by atoms with van der Waals surface area (Å²) in [5.41, 5.74) is 2.40. The zero-order chi connectivity index (χ0) is 13.7. The summed E-state index contributed by atoms with van der Waals surface area (Å²) in [6, 6.07) is 0. The van der Waals surface area contributed by atoms with E-state index in [0.717, 1.165) is 5.92 Å². The van der Waals surface area contributed by atoms with Crippen LogP contribution in [0.25, 0.3) is 0 Å². The van der Waals surface area contributed by atoms with E-state index in [2.05, 4.69) is 62.3 Å². The highest BCUT2D eigenvalue weighted by Gasteiger charge is 2.54. The number of hydrogen-bond acceptors (Lipinski definition) is 0. The first-order valence-electron chi connectivity index (χ1n) is 7.33. The summed E-state index contributed by atoms with van der Waals surface area (Å²) in [5.74, 6) is 0.956. The van der Waals surface area contributed by atoms with Crippen LogP contribution in [0.2, 0.25) is 0 Å². The maximum atomic E-state index is 2.40. The minimum absolute atomic E-state index is 0.520. The lowest BCUT2D eigenvalue weighted by Crippen LogP contribution is -2.19. The molecule has 0 aliphatic heterocycles. The summed E-state index contributed by atoms with van der Waals surface area (Å²) in [7, 11) is 0. The third kappa shape index (κ3) is 3.06. The average molecular weight is 238 g/mol. The van der Waals surface area contributed by atoms with Crippen LogP contribution in [-0.2, 0) is 0 Å². The fourth-order valence-corrected chi connectivity index (χ4v) is 2.56. The highest BCUT2D eigenvalue weighted by atomic mass is 14.6. The van der Waals surface area contributed by atoms with E-state index in [-0.39, 0.29) is 0 Å². The fourth-order valence-electron chi connectivity index (χ4n) is 2.56. The molecule has 0 nitrogen and oxygen atoms in total. The molecule has 102 valence electrons. The van der Waals surface area contributed by atoms with Gasteiger partial charge in [-0.05, 0) is 46.8 Å². The summed E-state index contributed by atoms with van der Waals surface area (Å²) in [6.45, 7) is 21.2. The molecule has 0 spiro atoms. The van der Waals surface area contributed by atoms with Crippen molar-refractivity contribution in [2.45, 2.75) is 81.6 Å². The van der Waals surface area contributed by atoms with Gasteiger partial charge in [0.15, 0.2) is 0 Å². The quantitative estimate of drug-likeness (QED) is 0.492. The number of rotatable bonds is 0. The summed E-state index contributed by atoms with van der Waals surface area (Å²) in [5, 5.41) is 0. The molecule has 0 saturated heterocycles. The van der Waals surface area contributed by atoms with Gasteiger partial charge in [0, 0.05) is 0 Å². The Hall–Kier alpha value is 0. The van der Waals surface area contributed by atoms with Crippen molar-refractivity contribution in [2.75, 3.05) is 0 Å². The first-order valence-corrected chi connectivity index (χ1v) is 7.33. The summed E-state index contributed by atoms with van der Waals surface area (Å²) in [6.07, 6.45) is 4.31. The number of hydrogen-bond donors (Lipinski definition) is 0. The average Bonchev–Trinajstić information content (AvgIpc) is 2.93.